The van der Waals surface area contributed by atoms with Crippen LogP contribution in [-0.2, 0) is 11.2 Å². The van der Waals surface area contributed by atoms with E-state index in [1.54, 1.807) is 11.1 Å². The molecule has 1 fully saturated rings. The molecule has 1 amide bonds. The molecule has 2 atom stereocenters. The van der Waals surface area contributed by atoms with Crippen LogP contribution in [0.5, 0.6) is 0 Å². The maximum absolute atomic E-state index is 13.2. The van der Waals surface area contributed by atoms with Gasteiger partial charge in [0, 0.05) is 25.2 Å². The number of aromatic nitrogens is 1. The highest BCUT2D eigenvalue weighted by atomic mass is 19.1. The molecule has 0 bridgehead atoms. The standard InChI is InChI=1S/C16H23FN2O3/c1-16(2,3)22-15(21)19-5-4-14(20)12(10-19)6-11-7-13(17)9-18-8-11/h7-9,12,14,20H,4-6,10H2,1-3H3. The minimum absolute atomic E-state index is 0.148. The van der Waals surface area contributed by atoms with Crippen LogP contribution in [0.15, 0.2) is 18.5 Å². The van der Waals surface area contributed by atoms with Crippen LogP contribution in [0.1, 0.15) is 32.8 Å². The zero-order chi connectivity index (χ0) is 16.3. The minimum atomic E-state index is -0.547. The number of aliphatic hydroxyl groups excluding tert-OH is 1. The van der Waals surface area contributed by atoms with Gasteiger partial charge in [0.2, 0.25) is 0 Å². The van der Waals surface area contributed by atoms with Gasteiger partial charge in [0.15, 0.2) is 0 Å². The molecule has 2 unspecified atom stereocenters. The molecule has 0 radical (unpaired) electrons. The van der Waals surface area contributed by atoms with Gasteiger partial charge in [-0.1, -0.05) is 0 Å². The summed E-state index contributed by atoms with van der Waals surface area (Å²) in [7, 11) is 0. The lowest BCUT2D eigenvalue weighted by Crippen LogP contribution is -2.48. The summed E-state index contributed by atoms with van der Waals surface area (Å²) in [5.41, 5.74) is 0.171. The average molecular weight is 310 g/mol. The third-order valence-corrected chi connectivity index (χ3v) is 3.60. The molecule has 1 N–H and O–H groups in total. The first-order chi connectivity index (χ1) is 10.2. The Morgan fingerprint density at radius 1 is 1.50 bits per heavy atom. The largest absolute Gasteiger partial charge is 0.444 e. The fourth-order valence-electron chi connectivity index (χ4n) is 2.58. The van der Waals surface area contributed by atoms with Crippen molar-refractivity contribution < 1.29 is 19.0 Å². The molecule has 22 heavy (non-hydrogen) atoms. The number of likely N-dealkylation sites (tertiary alicyclic amines) is 1. The summed E-state index contributed by atoms with van der Waals surface area (Å²) in [6.45, 7) is 6.32. The molecule has 1 aromatic rings. The number of halogens is 1. The molecule has 2 heterocycles. The molecule has 1 aromatic heterocycles. The molecule has 1 aliphatic rings. The van der Waals surface area contributed by atoms with E-state index in [9.17, 15) is 14.3 Å². The first-order valence-electron chi connectivity index (χ1n) is 7.50. The lowest BCUT2D eigenvalue weighted by Gasteiger charge is -2.37. The van der Waals surface area contributed by atoms with Gasteiger partial charge < -0.3 is 14.7 Å². The maximum atomic E-state index is 13.2. The van der Waals surface area contributed by atoms with Gasteiger partial charge in [-0.3, -0.25) is 4.98 Å². The molecular weight excluding hydrogens is 287 g/mol. The predicted octanol–water partition coefficient (Wildman–Crippen LogP) is 2.38. The van der Waals surface area contributed by atoms with Gasteiger partial charge in [-0.25, -0.2) is 9.18 Å². The summed E-state index contributed by atoms with van der Waals surface area (Å²) in [5, 5.41) is 10.1. The summed E-state index contributed by atoms with van der Waals surface area (Å²) >= 11 is 0. The Morgan fingerprint density at radius 2 is 2.23 bits per heavy atom. The second-order valence-electron chi connectivity index (χ2n) is 6.76. The van der Waals surface area contributed by atoms with E-state index in [2.05, 4.69) is 4.98 Å². The quantitative estimate of drug-likeness (QED) is 0.911. The van der Waals surface area contributed by atoms with Crippen LogP contribution < -0.4 is 0 Å². The summed E-state index contributed by atoms with van der Waals surface area (Å²) in [6, 6.07) is 1.41. The number of aliphatic hydroxyl groups is 1. The van der Waals surface area contributed by atoms with Crippen molar-refractivity contribution in [2.45, 2.75) is 45.3 Å². The van der Waals surface area contributed by atoms with Crippen LogP contribution in [0.3, 0.4) is 0 Å². The van der Waals surface area contributed by atoms with Crippen LogP contribution in [0.2, 0.25) is 0 Å². The summed E-state index contributed by atoms with van der Waals surface area (Å²) in [4.78, 5) is 17.5. The molecule has 2 rings (SSSR count). The Bertz CT molecular complexity index is 530. The predicted molar refractivity (Wildman–Crippen MR) is 79.8 cm³/mol. The van der Waals surface area contributed by atoms with Crippen molar-refractivity contribution in [1.82, 2.24) is 9.88 Å². The van der Waals surface area contributed by atoms with Crippen LogP contribution in [0.25, 0.3) is 0 Å². The maximum Gasteiger partial charge on any atom is 0.410 e. The number of hydrogen-bond donors (Lipinski definition) is 1. The van der Waals surface area contributed by atoms with Crippen LogP contribution in [-0.4, -0.2) is 45.9 Å². The number of carbonyl (C=O) groups is 1. The Labute approximate surface area is 130 Å². The van der Waals surface area contributed by atoms with Crippen molar-refractivity contribution in [1.29, 1.82) is 0 Å². The molecule has 0 spiro atoms. The second kappa shape index (κ2) is 6.60. The number of carbonyl (C=O) groups excluding carboxylic acids is 1. The zero-order valence-corrected chi connectivity index (χ0v) is 13.3. The third kappa shape index (κ3) is 4.66. The number of rotatable bonds is 2. The fourth-order valence-corrected chi connectivity index (χ4v) is 2.58. The van der Waals surface area contributed by atoms with Crippen LogP contribution >= 0.6 is 0 Å². The Hall–Kier alpha value is -1.69. The number of amides is 1. The van der Waals surface area contributed by atoms with Gasteiger partial charge in [-0.2, -0.15) is 0 Å². The lowest BCUT2D eigenvalue weighted by atomic mass is 9.89. The average Bonchev–Trinajstić information content (AvgIpc) is 2.39. The Balaban J connectivity index is 2.00. The van der Waals surface area contributed by atoms with Crippen molar-refractivity contribution in [2.75, 3.05) is 13.1 Å². The van der Waals surface area contributed by atoms with Gasteiger partial charge in [-0.15, -0.1) is 0 Å². The monoisotopic (exact) mass is 310 g/mol. The molecule has 1 aliphatic heterocycles. The highest BCUT2D eigenvalue weighted by Crippen LogP contribution is 2.23. The summed E-state index contributed by atoms with van der Waals surface area (Å²) < 4.78 is 18.6. The van der Waals surface area contributed by atoms with Gasteiger partial charge >= 0.3 is 6.09 Å². The summed E-state index contributed by atoms with van der Waals surface area (Å²) in [6.07, 6.45) is 2.82. The number of ether oxygens (including phenoxy) is 1. The number of pyridine rings is 1. The van der Waals surface area contributed by atoms with E-state index in [0.717, 1.165) is 11.8 Å². The Morgan fingerprint density at radius 3 is 2.86 bits per heavy atom. The van der Waals surface area contributed by atoms with Crippen molar-refractivity contribution in [3.05, 3.63) is 29.8 Å². The first-order valence-corrected chi connectivity index (χ1v) is 7.50. The fraction of sp³-hybridized carbons (Fsp3) is 0.625. The van der Waals surface area contributed by atoms with E-state index in [-0.39, 0.29) is 12.0 Å². The van der Waals surface area contributed by atoms with Crippen molar-refractivity contribution >= 4 is 6.09 Å². The molecule has 0 aromatic carbocycles. The molecule has 1 saturated heterocycles. The molecular formula is C16H23FN2O3. The van der Waals surface area contributed by atoms with Crippen LogP contribution in [0, 0.1) is 11.7 Å². The van der Waals surface area contributed by atoms with E-state index in [1.807, 2.05) is 20.8 Å². The zero-order valence-electron chi connectivity index (χ0n) is 13.3. The van der Waals surface area contributed by atoms with Crippen molar-refractivity contribution in [2.24, 2.45) is 5.92 Å². The van der Waals surface area contributed by atoms with Crippen LogP contribution in [0.4, 0.5) is 9.18 Å². The minimum Gasteiger partial charge on any atom is -0.444 e. The van der Waals surface area contributed by atoms with Gasteiger partial charge in [0.05, 0.1) is 12.3 Å². The van der Waals surface area contributed by atoms with Gasteiger partial charge in [0.1, 0.15) is 11.4 Å². The molecule has 6 heteroatoms. The summed E-state index contributed by atoms with van der Waals surface area (Å²) in [5.74, 6) is -0.545. The van der Waals surface area contributed by atoms with E-state index >= 15 is 0 Å². The SMILES string of the molecule is CC(C)(C)OC(=O)N1CCC(O)C(Cc2cncc(F)c2)C1. The van der Waals surface area contributed by atoms with E-state index in [4.69, 9.17) is 4.74 Å². The smallest absolute Gasteiger partial charge is 0.410 e. The van der Waals surface area contributed by atoms with E-state index in [0.29, 0.717) is 25.9 Å². The third-order valence-electron chi connectivity index (χ3n) is 3.60. The topological polar surface area (TPSA) is 62.7 Å². The lowest BCUT2D eigenvalue weighted by molar-refractivity contribution is -0.00826. The molecule has 5 nitrogen and oxygen atoms in total. The Kier molecular flexibility index (Phi) is 5.01. The molecule has 0 aliphatic carbocycles. The normalized spacial score (nSPS) is 22.5. The number of hydrogen-bond acceptors (Lipinski definition) is 4. The number of piperidine rings is 1. The van der Waals surface area contributed by atoms with Gasteiger partial charge in [-0.05, 0) is 45.2 Å². The molecule has 122 valence electrons. The van der Waals surface area contributed by atoms with E-state index < -0.39 is 17.5 Å². The first kappa shape index (κ1) is 16.7. The highest BCUT2D eigenvalue weighted by molar-refractivity contribution is 5.68. The van der Waals surface area contributed by atoms with E-state index in [1.165, 1.54) is 6.07 Å². The van der Waals surface area contributed by atoms with Crippen molar-refractivity contribution in [3.63, 3.8) is 0 Å². The second-order valence-corrected chi connectivity index (χ2v) is 6.76. The highest BCUT2D eigenvalue weighted by Gasteiger charge is 2.32. The molecule has 0 saturated carbocycles. The van der Waals surface area contributed by atoms with Gasteiger partial charge in [0.25, 0.3) is 0 Å². The number of nitrogens with zero attached hydrogens (tertiary/aromatic N) is 2. The van der Waals surface area contributed by atoms with Crippen molar-refractivity contribution in [3.8, 4) is 0 Å².